The second-order valence-corrected chi connectivity index (χ2v) is 8.64. The van der Waals surface area contributed by atoms with Crippen molar-refractivity contribution in [3.05, 3.63) is 58.5 Å². The number of H-pyrrole nitrogens is 1. The highest BCUT2D eigenvalue weighted by Crippen LogP contribution is 2.29. The van der Waals surface area contributed by atoms with Crippen LogP contribution in [0.5, 0.6) is 0 Å². The Morgan fingerprint density at radius 3 is 2.63 bits per heavy atom. The first kappa shape index (κ1) is 21.8. The van der Waals surface area contributed by atoms with E-state index in [-0.39, 0.29) is 17.9 Å². The fraction of sp³-hybridized carbons (Fsp3) is 0.381. The Kier molecular flexibility index (Phi) is 6.42. The van der Waals surface area contributed by atoms with E-state index in [0.717, 1.165) is 17.1 Å². The number of aromatic amines is 1. The van der Waals surface area contributed by atoms with E-state index in [1.54, 1.807) is 32.3 Å². The molecule has 0 spiro atoms. The fourth-order valence-electron chi connectivity index (χ4n) is 3.00. The molecule has 9 heteroatoms. The van der Waals surface area contributed by atoms with Crippen LogP contribution >= 0.6 is 11.1 Å². The molecule has 0 aliphatic carbocycles. The Bertz CT molecular complexity index is 1090. The molecule has 3 aromatic rings. The summed E-state index contributed by atoms with van der Waals surface area (Å²) in [6.07, 6.45) is 0. The Morgan fingerprint density at radius 2 is 2.03 bits per heavy atom. The molecule has 1 aromatic carbocycles. The molecule has 2 aromatic heterocycles. The van der Waals surface area contributed by atoms with Gasteiger partial charge >= 0.3 is 0 Å². The van der Waals surface area contributed by atoms with Crippen molar-refractivity contribution in [1.29, 1.82) is 0 Å². The SMILES string of the molecule is Cc1cc([C@H](N=c2[nH][s+]([O-])nc2Nc2cccc(C(=O)N(C)C)c2)C(C)C)oc1C. The maximum Gasteiger partial charge on any atom is 0.253 e. The minimum absolute atomic E-state index is 0.106. The van der Waals surface area contributed by atoms with Crippen LogP contribution < -0.4 is 10.8 Å². The molecule has 0 radical (unpaired) electrons. The van der Waals surface area contributed by atoms with Crippen molar-refractivity contribution >= 4 is 28.6 Å². The highest BCUT2D eigenvalue weighted by atomic mass is 32.2. The summed E-state index contributed by atoms with van der Waals surface area (Å²) < 4.78 is 24.9. The first-order valence-electron chi connectivity index (χ1n) is 9.66. The Balaban J connectivity index is 1.98. The number of rotatable bonds is 6. The van der Waals surface area contributed by atoms with Gasteiger partial charge in [-0.3, -0.25) is 4.79 Å². The van der Waals surface area contributed by atoms with E-state index in [4.69, 9.17) is 9.41 Å². The van der Waals surface area contributed by atoms with Crippen LogP contribution in [0.25, 0.3) is 0 Å². The number of benzene rings is 1. The quantitative estimate of drug-likeness (QED) is 0.574. The van der Waals surface area contributed by atoms with Gasteiger partial charge in [-0.15, -0.1) is 4.37 Å². The zero-order chi connectivity index (χ0) is 22.0. The average molecular weight is 430 g/mol. The lowest BCUT2D eigenvalue weighted by molar-refractivity contribution is 0.0827. The van der Waals surface area contributed by atoms with Crippen LogP contribution in [-0.4, -0.2) is 38.2 Å². The molecule has 0 fully saturated rings. The molecule has 0 aliphatic heterocycles. The van der Waals surface area contributed by atoms with E-state index in [2.05, 4.69) is 27.9 Å². The van der Waals surface area contributed by atoms with Crippen molar-refractivity contribution in [2.24, 2.45) is 10.9 Å². The van der Waals surface area contributed by atoms with Gasteiger partial charge in [0, 0.05) is 29.7 Å². The third-order valence-corrected chi connectivity index (χ3v) is 5.45. The van der Waals surface area contributed by atoms with Gasteiger partial charge in [-0.2, -0.15) is 0 Å². The van der Waals surface area contributed by atoms with Crippen LogP contribution in [0.1, 0.15) is 47.3 Å². The van der Waals surface area contributed by atoms with E-state index in [0.29, 0.717) is 22.6 Å². The molecule has 2 N–H and O–H groups in total. The summed E-state index contributed by atoms with van der Waals surface area (Å²) in [5.41, 5.74) is 2.65. The van der Waals surface area contributed by atoms with Crippen LogP contribution in [0.2, 0.25) is 0 Å². The van der Waals surface area contributed by atoms with Gasteiger partial charge in [0.05, 0.1) is 0 Å². The predicted octanol–water partition coefficient (Wildman–Crippen LogP) is 4.09. The summed E-state index contributed by atoms with van der Waals surface area (Å²) in [5, 5.41) is 3.13. The van der Waals surface area contributed by atoms with Crippen LogP contribution in [0.4, 0.5) is 11.5 Å². The average Bonchev–Trinajstić information content (AvgIpc) is 3.20. The standard InChI is InChI=1S/C21H27N5O3S/c1-12(2)18(17-10-13(3)14(4)29-17)23-20-19(24-30(28)25-20)22-16-9-7-8-15(11-16)21(27)26(5)6/h7-12,18H,1-6H3,(H,22,24)(H,23,25)/t18-,30?/m1/s1. The molecule has 30 heavy (non-hydrogen) atoms. The number of anilines is 2. The highest BCUT2D eigenvalue weighted by Gasteiger charge is 2.21. The second-order valence-electron chi connectivity index (χ2n) is 7.75. The van der Waals surface area contributed by atoms with Gasteiger partial charge in [0.2, 0.25) is 11.3 Å². The third-order valence-electron chi connectivity index (χ3n) is 4.74. The van der Waals surface area contributed by atoms with Crippen molar-refractivity contribution in [2.75, 3.05) is 19.4 Å². The van der Waals surface area contributed by atoms with E-state index < -0.39 is 11.1 Å². The molecule has 1 amide bonds. The van der Waals surface area contributed by atoms with Crippen molar-refractivity contribution in [3.63, 3.8) is 0 Å². The monoisotopic (exact) mass is 429 g/mol. The normalized spacial score (nSPS) is 13.6. The predicted molar refractivity (Wildman–Crippen MR) is 116 cm³/mol. The summed E-state index contributed by atoms with van der Waals surface area (Å²) in [6, 6.07) is 8.78. The maximum absolute atomic E-state index is 12.2. The fourth-order valence-corrected chi connectivity index (χ4v) is 3.66. The summed E-state index contributed by atoms with van der Waals surface area (Å²) in [7, 11) is 3.40. The Hall–Kier alpha value is -2.91. The molecule has 0 aliphatic rings. The molecule has 2 atom stereocenters. The summed E-state index contributed by atoms with van der Waals surface area (Å²) in [6.45, 7) is 8.01. The molecule has 0 saturated carbocycles. The third kappa shape index (κ3) is 4.80. The zero-order valence-corrected chi connectivity index (χ0v) is 18.8. The van der Waals surface area contributed by atoms with E-state index in [9.17, 15) is 9.35 Å². The van der Waals surface area contributed by atoms with Gasteiger partial charge < -0.3 is 19.2 Å². The Morgan fingerprint density at radius 1 is 1.30 bits per heavy atom. The molecule has 160 valence electrons. The lowest BCUT2D eigenvalue weighted by atomic mass is 10.0. The summed E-state index contributed by atoms with van der Waals surface area (Å²) in [5.74, 6) is 2.01. The van der Waals surface area contributed by atoms with Gasteiger partial charge in [-0.1, -0.05) is 19.9 Å². The number of hydrogen-bond donors (Lipinski definition) is 2. The molecule has 2 heterocycles. The number of carbonyl (C=O) groups excluding carboxylic acids is 1. The van der Waals surface area contributed by atoms with Crippen molar-refractivity contribution in [1.82, 2.24) is 13.6 Å². The lowest BCUT2D eigenvalue weighted by Crippen LogP contribution is -2.21. The maximum atomic E-state index is 12.2. The van der Waals surface area contributed by atoms with Crippen LogP contribution in [0, 0.1) is 19.8 Å². The van der Waals surface area contributed by atoms with Crippen LogP contribution in [-0.2, 0) is 0 Å². The van der Waals surface area contributed by atoms with E-state index in [1.165, 1.54) is 4.90 Å². The van der Waals surface area contributed by atoms with E-state index in [1.807, 2.05) is 26.0 Å². The van der Waals surface area contributed by atoms with Gasteiger partial charge in [0.1, 0.15) is 17.6 Å². The summed E-state index contributed by atoms with van der Waals surface area (Å²) >= 11 is -1.62. The second kappa shape index (κ2) is 8.85. The van der Waals surface area contributed by atoms with Crippen molar-refractivity contribution < 1.29 is 13.8 Å². The lowest BCUT2D eigenvalue weighted by Gasteiger charge is -2.13. The first-order valence-corrected chi connectivity index (χ1v) is 10.8. The van der Waals surface area contributed by atoms with Crippen LogP contribution in [0.3, 0.4) is 0 Å². The number of nitrogens with one attached hydrogen (secondary N) is 2. The van der Waals surface area contributed by atoms with Gasteiger partial charge in [0.15, 0.2) is 11.1 Å². The molecule has 0 saturated heterocycles. The highest BCUT2D eigenvalue weighted by molar-refractivity contribution is 7.13. The van der Waals surface area contributed by atoms with Gasteiger partial charge in [-0.05, 0) is 49.6 Å². The molecule has 8 nitrogen and oxygen atoms in total. The smallest absolute Gasteiger partial charge is 0.253 e. The molecular formula is C21H27N5O3S. The van der Waals surface area contributed by atoms with Gasteiger partial charge in [0.25, 0.3) is 5.91 Å². The number of nitrogens with zero attached hydrogens (tertiary/aromatic N) is 3. The molecular weight excluding hydrogens is 402 g/mol. The molecule has 1 unspecified atom stereocenters. The number of carbonyl (C=O) groups is 1. The number of aromatic nitrogens is 2. The minimum atomic E-state index is -1.62. The van der Waals surface area contributed by atoms with Crippen LogP contribution in [0.15, 0.2) is 39.7 Å². The van der Waals surface area contributed by atoms with E-state index >= 15 is 0 Å². The largest absolute Gasteiger partial charge is 0.548 e. The first-order chi connectivity index (χ1) is 14.2. The summed E-state index contributed by atoms with van der Waals surface area (Å²) in [4.78, 5) is 18.5. The van der Waals surface area contributed by atoms with Crippen molar-refractivity contribution in [2.45, 2.75) is 33.7 Å². The minimum Gasteiger partial charge on any atom is -0.548 e. The number of hydrogen-bond acceptors (Lipinski definition) is 6. The Labute approximate surface area is 178 Å². The number of aryl methyl sites for hydroxylation is 2. The van der Waals surface area contributed by atoms with Gasteiger partial charge in [-0.25, -0.2) is 4.99 Å². The molecule has 3 rings (SSSR count). The van der Waals surface area contributed by atoms with Crippen molar-refractivity contribution in [3.8, 4) is 0 Å². The number of amides is 1. The zero-order valence-electron chi connectivity index (χ0n) is 18.0. The molecule has 0 bridgehead atoms. The topological polar surface area (TPSA) is 110 Å². The number of furan rings is 1.